The summed E-state index contributed by atoms with van der Waals surface area (Å²) in [5.41, 5.74) is 1.84. The van der Waals surface area contributed by atoms with Crippen molar-refractivity contribution in [1.82, 2.24) is 20.2 Å². The number of nitrogens with zero attached hydrogens (tertiary/aromatic N) is 4. The third kappa shape index (κ3) is 3.76. The monoisotopic (exact) mass is 380 g/mol. The SMILES string of the molecule is CCOC(=O)C1CCN(c2nc(Nc3cc(C)[nH]n3)c3ccccc3n2)CC1. The number of nitrogens with one attached hydrogen (secondary N) is 2. The molecule has 146 valence electrons. The standard InChI is InChI=1S/C20H24N6O2/c1-3-28-19(27)14-8-10-26(11-9-14)20-21-16-7-5-4-6-15(16)18(23-20)22-17-12-13(2)24-25-17/h4-7,12,14H,3,8-11H2,1-2H3,(H2,21,22,23,24,25). The van der Waals surface area contributed by atoms with E-state index in [1.54, 1.807) is 0 Å². The molecule has 1 aliphatic heterocycles. The zero-order chi connectivity index (χ0) is 19.5. The summed E-state index contributed by atoms with van der Waals surface area (Å²) in [6, 6.07) is 9.84. The minimum absolute atomic E-state index is 0.0405. The van der Waals surface area contributed by atoms with Crippen LogP contribution in [0.3, 0.4) is 0 Å². The summed E-state index contributed by atoms with van der Waals surface area (Å²) in [5.74, 6) is 1.96. The van der Waals surface area contributed by atoms with E-state index in [0.717, 1.165) is 48.3 Å². The summed E-state index contributed by atoms with van der Waals surface area (Å²) >= 11 is 0. The van der Waals surface area contributed by atoms with Crippen LogP contribution >= 0.6 is 0 Å². The van der Waals surface area contributed by atoms with Gasteiger partial charge in [-0.1, -0.05) is 12.1 Å². The number of ether oxygens (including phenoxy) is 1. The molecule has 1 saturated heterocycles. The van der Waals surface area contributed by atoms with E-state index in [2.05, 4.69) is 20.4 Å². The van der Waals surface area contributed by atoms with Gasteiger partial charge in [0, 0.05) is 30.2 Å². The van der Waals surface area contributed by atoms with E-state index in [0.29, 0.717) is 18.4 Å². The van der Waals surface area contributed by atoms with E-state index >= 15 is 0 Å². The molecular formula is C20H24N6O2. The molecule has 8 heteroatoms. The lowest BCUT2D eigenvalue weighted by Gasteiger charge is -2.31. The van der Waals surface area contributed by atoms with Crippen molar-refractivity contribution in [1.29, 1.82) is 0 Å². The van der Waals surface area contributed by atoms with Gasteiger partial charge < -0.3 is 15.0 Å². The molecule has 0 radical (unpaired) electrons. The number of aryl methyl sites for hydroxylation is 1. The quantitative estimate of drug-likeness (QED) is 0.656. The summed E-state index contributed by atoms with van der Waals surface area (Å²) < 4.78 is 5.16. The van der Waals surface area contributed by atoms with Gasteiger partial charge in [-0.05, 0) is 38.8 Å². The van der Waals surface area contributed by atoms with Gasteiger partial charge in [-0.15, -0.1) is 0 Å². The first kappa shape index (κ1) is 18.2. The smallest absolute Gasteiger partial charge is 0.309 e. The third-order valence-electron chi connectivity index (χ3n) is 4.94. The summed E-state index contributed by atoms with van der Waals surface area (Å²) in [6.07, 6.45) is 1.49. The molecule has 0 saturated carbocycles. The number of aromatic amines is 1. The average molecular weight is 380 g/mol. The number of H-pyrrole nitrogens is 1. The molecule has 0 bridgehead atoms. The molecule has 8 nitrogen and oxygen atoms in total. The number of para-hydroxylation sites is 1. The highest BCUT2D eigenvalue weighted by atomic mass is 16.5. The molecule has 3 aromatic rings. The van der Waals surface area contributed by atoms with Crippen molar-refractivity contribution in [2.75, 3.05) is 29.9 Å². The van der Waals surface area contributed by atoms with Crippen LogP contribution in [0, 0.1) is 12.8 Å². The van der Waals surface area contributed by atoms with Crippen LogP contribution in [0.25, 0.3) is 10.9 Å². The average Bonchev–Trinajstić information content (AvgIpc) is 3.13. The van der Waals surface area contributed by atoms with Crippen LogP contribution in [0.1, 0.15) is 25.5 Å². The summed E-state index contributed by atoms with van der Waals surface area (Å²) in [7, 11) is 0. The Morgan fingerprint density at radius 3 is 2.79 bits per heavy atom. The summed E-state index contributed by atoms with van der Waals surface area (Å²) in [5, 5.41) is 11.4. The number of carbonyl (C=O) groups excluding carboxylic acids is 1. The number of aromatic nitrogens is 4. The minimum Gasteiger partial charge on any atom is -0.466 e. The second kappa shape index (κ2) is 7.84. The van der Waals surface area contributed by atoms with Crippen molar-refractivity contribution in [3.05, 3.63) is 36.0 Å². The van der Waals surface area contributed by atoms with Gasteiger partial charge in [-0.3, -0.25) is 9.89 Å². The molecule has 28 heavy (non-hydrogen) atoms. The number of rotatable bonds is 5. The molecule has 2 aromatic heterocycles. The Labute approximate surface area is 163 Å². The lowest BCUT2D eigenvalue weighted by molar-refractivity contribution is -0.148. The number of anilines is 3. The first-order valence-corrected chi connectivity index (χ1v) is 9.61. The fourth-order valence-corrected chi connectivity index (χ4v) is 3.48. The van der Waals surface area contributed by atoms with Crippen LogP contribution in [-0.4, -0.2) is 45.8 Å². The van der Waals surface area contributed by atoms with Gasteiger partial charge in [0.1, 0.15) is 5.82 Å². The number of esters is 1. The molecule has 1 aliphatic rings. The van der Waals surface area contributed by atoms with Gasteiger partial charge in [0.25, 0.3) is 0 Å². The van der Waals surface area contributed by atoms with Crippen molar-refractivity contribution >= 4 is 34.5 Å². The molecule has 0 aliphatic carbocycles. The normalized spacial score (nSPS) is 15.0. The Balaban J connectivity index is 1.59. The first-order chi connectivity index (χ1) is 13.6. The van der Waals surface area contributed by atoms with E-state index in [-0.39, 0.29) is 11.9 Å². The van der Waals surface area contributed by atoms with Crippen molar-refractivity contribution in [2.45, 2.75) is 26.7 Å². The summed E-state index contributed by atoms with van der Waals surface area (Å²) in [6.45, 7) is 5.67. The molecule has 0 amide bonds. The second-order valence-electron chi connectivity index (χ2n) is 6.96. The Morgan fingerprint density at radius 1 is 1.29 bits per heavy atom. The molecule has 0 atom stereocenters. The Morgan fingerprint density at radius 2 is 2.07 bits per heavy atom. The van der Waals surface area contributed by atoms with Gasteiger partial charge in [-0.25, -0.2) is 4.98 Å². The van der Waals surface area contributed by atoms with Crippen LogP contribution in [-0.2, 0) is 9.53 Å². The number of hydrogen-bond acceptors (Lipinski definition) is 7. The van der Waals surface area contributed by atoms with E-state index in [1.807, 2.05) is 44.2 Å². The number of benzene rings is 1. The molecular weight excluding hydrogens is 356 g/mol. The molecule has 0 unspecified atom stereocenters. The number of carbonyl (C=O) groups is 1. The molecule has 4 rings (SSSR count). The fourth-order valence-electron chi connectivity index (χ4n) is 3.48. The Bertz CT molecular complexity index is 978. The van der Waals surface area contributed by atoms with Crippen LogP contribution in [0.4, 0.5) is 17.6 Å². The Kier molecular flexibility index (Phi) is 5.10. The Hall–Kier alpha value is -3.16. The van der Waals surface area contributed by atoms with Crippen LogP contribution in [0.15, 0.2) is 30.3 Å². The highest BCUT2D eigenvalue weighted by molar-refractivity contribution is 5.91. The number of hydrogen-bond donors (Lipinski definition) is 2. The lowest BCUT2D eigenvalue weighted by atomic mass is 9.97. The molecule has 2 N–H and O–H groups in total. The first-order valence-electron chi connectivity index (χ1n) is 9.61. The van der Waals surface area contributed by atoms with Gasteiger partial charge in [0.2, 0.25) is 5.95 Å². The third-order valence-corrected chi connectivity index (χ3v) is 4.94. The molecule has 1 aromatic carbocycles. The number of piperidine rings is 1. The molecule has 1 fully saturated rings. The van der Waals surface area contributed by atoms with Crippen molar-refractivity contribution in [3.8, 4) is 0 Å². The van der Waals surface area contributed by atoms with Crippen LogP contribution in [0.5, 0.6) is 0 Å². The molecule has 3 heterocycles. The van der Waals surface area contributed by atoms with Crippen molar-refractivity contribution < 1.29 is 9.53 Å². The van der Waals surface area contributed by atoms with E-state index in [4.69, 9.17) is 14.7 Å². The highest BCUT2D eigenvalue weighted by Crippen LogP contribution is 2.28. The predicted octanol–water partition coefficient (Wildman–Crippen LogP) is 3.18. The molecule has 0 spiro atoms. The number of fused-ring (bicyclic) bond motifs is 1. The zero-order valence-electron chi connectivity index (χ0n) is 16.1. The van der Waals surface area contributed by atoms with Gasteiger partial charge in [0.05, 0.1) is 18.0 Å². The van der Waals surface area contributed by atoms with E-state index < -0.39 is 0 Å². The van der Waals surface area contributed by atoms with E-state index in [9.17, 15) is 4.79 Å². The zero-order valence-corrected chi connectivity index (χ0v) is 16.1. The topological polar surface area (TPSA) is 96.0 Å². The largest absolute Gasteiger partial charge is 0.466 e. The van der Waals surface area contributed by atoms with Gasteiger partial charge in [0.15, 0.2) is 5.82 Å². The van der Waals surface area contributed by atoms with Crippen molar-refractivity contribution in [2.24, 2.45) is 5.92 Å². The highest BCUT2D eigenvalue weighted by Gasteiger charge is 2.27. The lowest BCUT2D eigenvalue weighted by Crippen LogP contribution is -2.38. The summed E-state index contributed by atoms with van der Waals surface area (Å²) in [4.78, 5) is 23.6. The van der Waals surface area contributed by atoms with Gasteiger partial charge >= 0.3 is 5.97 Å². The maximum Gasteiger partial charge on any atom is 0.309 e. The van der Waals surface area contributed by atoms with Crippen molar-refractivity contribution in [3.63, 3.8) is 0 Å². The minimum atomic E-state index is -0.0992. The maximum atomic E-state index is 12.0. The second-order valence-corrected chi connectivity index (χ2v) is 6.96. The van der Waals surface area contributed by atoms with Crippen LogP contribution in [0.2, 0.25) is 0 Å². The van der Waals surface area contributed by atoms with E-state index in [1.165, 1.54) is 0 Å². The predicted molar refractivity (Wildman–Crippen MR) is 108 cm³/mol. The fraction of sp³-hybridized carbons (Fsp3) is 0.400. The van der Waals surface area contributed by atoms with Gasteiger partial charge in [-0.2, -0.15) is 10.1 Å². The maximum absolute atomic E-state index is 12.0. The van der Waals surface area contributed by atoms with Crippen LogP contribution < -0.4 is 10.2 Å².